The van der Waals surface area contributed by atoms with Crippen molar-refractivity contribution in [3.63, 3.8) is 0 Å². The maximum atomic E-state index is 9.58. The van der Waals surface area contributed by atoms with Gasteiger partial charge in [-0.25, -0.2) is 0 Å². The highest BCUT2D eigenvalue weighted by Gasteiger charge is 2.20. The second-order valence-electron chi connectivity index (χ2n) is 5.27. The van der Waals surface area contributed by atoms with Gasteiger partial charge in [-0.05, 0) is 17.7 Å². The van der Waals surface area contributed by atoms with Crippen molar-refractivity contribution in [1.82, 2.24) is 4.90 Å². The maximum absolute atomic E-state index is 9.58. The van der Waals surface area contributed by atoms with Gasteiger partial charge in [0.25, 0.3) is 0 Å². The summed E-state index contributed by atoms with van der Waals surface area (Å²) in [5.41, 5.74) is 1.39. The van der Waals surface area contributed by atoms with Gasteiger partial charge >= 0.3 is 0 Å². The molecule has 6 nitrogen and oxygen atoms in total. The molecule has 0 atom stereocenters. The van der Waals surface area contributed by atoms with E-state index in [1.54, 1.807) is 20.3 Å². The van der Waals surface area contributed by atoms with E-state index in [9.17, 15) is 5.11 Å². The predicted octanol–water partition coefficient (Wildman–Crippen LogP) is 1.77. The van der Waals surface area contributed by atoms with Gasteiger partial charge in [0.2, 0.25) is 5.75 Å². The number of hydrogen-bond acceptors (Lipinski definition) is 6. The van der Waals surface area contributed by atoms with Gasteiger partial charge in [0.1, 0.15) is 5.76 Å². The van der Waals surface area contributed by atoms with E-state index >= 15 is 0 Å². The molecule has 120 valence electrons. The first-order valence-corrected chi connectivity index (χ1v) is 7.34. The summed E-state index contributed by atoms with van der Waals surface area (Å²) in [6, 6.07) is 3.76. The molecule has 2 heterocycles. The Morgan fingerprint density at radius 2 is 1.95 bits per heavy atom. The molecule has 2 aromatic rings. The summed E-state index contributed by atoms with van der Waals surface area (Å²) in [7, 11) is 3.16. The lowest BCUT2D eigenvalue weighted by Gasteiger charge is -2.25. The first-order chi connectivity index (χ1) is 10.8. The summed E-state index contributed by atoms with van der Waals surface area (Å²) in [6.45, 7) is 3.93. The Kier molecular flexibility index (Phi) is 4.52. The topological polar surface area (TPSA) is 64.3 Å². The zero-order valence-corrected chi connectivity index (χ0v) is 12.9. The Morgan fingerprint density at radius 1 is 1.18 bits per heavy atom. The van der Waals surface area contributed by atoms with E-state index < -0.39 is 0 Å². The number of fused-ring (bicyclic) bond motifs is 1. The van der Waals surface area contributed by atoms with Crippen LogP contribution < -0.4 is 9.47 Å². The summed E-state index contributed by atoms with van der Waals surface area (Å²) in [5.74, 6) is 1.97. The lowest BCUT2D eigenvalue weighted by Crippen LogP contribution is -2.35. The Balaban J connectivity index is 1.99. The van der Waals surface area contributed by atoms with Gasteiger partial charge in [0.15, 0.2) is 11.3 Å². The quantitative estimate of drug-likeness (QED) is 0.908. The Morgan fingerprint density at radius 3 is 2.59 bits per heavy atom. The normalized spacial score (nSPS) is 16.1. The molecule has 1 N–H and O–H groups in total. The summed E-state index contributed by atoms with van der Waals surface area (Å²) in [6.07, 6.45) is 0. The minimum absolute atomic E-state index is 0.0760. The molecule has 6 heteroatoms. The van der Waals surface area contributed by atoms with Crippen molar-refractivity contribution in [2.24, 2.45) is 0 Å². The Bertz CT molecular complexity index is 646. The van der Waals surface area contributed by atoms with Gasteiger partial charge in [0.05, 0.1) is 40.6 Å². The molecular weight excluding hydrogens is 286 g/mol. The first kappa shape index (κ1) is 15.1. The van der Waals surface area contributed by atoms with Crippen LogP contribution in [0.4, 0.5) is 0 Å². The van der Waals surface area contributed by atoms with Crippen molar-refractivity contribution in [2.45, 2.75) is 13.2 Å². The lowest BCUT2D eigenvalue weighted by atomic mass is 10.1. The predicted molar refractivity (Wildman–Crippen MR) is 81.3 cm³/mol. The molecule has 0 unspecified atom stereocenters. The lowest BCUT2D eigenvalue weighted by molar-refractivity contribution is 0.0315. The van der Waals surface area contributed by atoms with Crippen LogP contribution in [0.5, 0.6) is 11.5 Å². The number of rotatable bonds is 5. The smallest absolute Gasteiger partial charge is 0.204 e. The van der Waals surface area contributed by atoms with E-state index in [-0.39, 0.29) is 6.61 Å². The zero-order valence-electron chi connectivity index (χ0n) is 12.9. The molecule has 0 bridgehead atoms. The van der Waals surface area contributed by atoms with Gasteiger partial charge < -0.3 is 23.7 Å². The van der Waals surface area contributed by atoms with Crippen LogP contribution in [0.2, 0.25) is 0 Å². The average Bonchev–Trinajstić information content (AvgIpc) is 2.97. The first-order valence-electron chi connectivity index (χ1n) is 7.34. The number of benzene rings is 1. The van der Waals surface area contributed by atoms with Crippen LogP contribution in [0.25, 0.3) is 11.0 Å². The van der Waals surface area contributed by atoms with Crippen molar-refractivity contribution in [3.05, 3.63) is 23.5 Å². The summed E-state index contributed by atoms with van der Waals surface area (Å²) >= 11 is 0. The van der Waals surface area contributed by atoms with Crippen LogP contribution >= 0.6 is 0 Å². The molecule has 1 aliphatic rings. The third kappa shape index (κ3) is 2.77. The standard InChI is InChI=1S/C16H21NO5/c1-19-14-7-11(10-18)13-8-12(22-15(13)16(14)20-2)9-17-3-5-21-6-4-17/h7-8,18H,3-6,9-10H2,1-2H3. The monoisotopic (exact) mass is 307 g/mol. The molecule has 1 aromatic carbocycles. The Hall–Kier alpha value is -1.76. The number of nitrogens with zero attached hydrogens (tertiary/aromatic N) is 1. The third-order valence-electron chi connectivity index (χ3n) is 3.94. The average molecular weight is 307 g/mol. The van der Waals surface area contributed by atoms with Crippen molar-refractivity contribution in [3.8, 4) is 11.5 Å². The number of furan rings is 1. The highest BCUT2D eigenvalue weighted by atomic mass is 16.5. The Labute approximate surface area is 129 Å². The van der Waals surface area contributed by atoms with Gasteiger partial charge in [-0.3, -0.25) is 4.90 Å². The molecule has 1 saturated heterocycles. The molecule has 0 aliphatic carbocycles. The van der Waals surface area contributed by atoms with Gasteiger partial charge in [-0.1, -0.05) is 0 Å². The van der Waals surface area contributed by atoms with Crippen LogP contribution in [-0.4, -0.2) is 50.5 Å². The van der Waals surface area contributed by atoms with Crippen LogP contribution in [0, 0.1) is 0 Å². The number of aliphatic hydroxyl groups is 1. The summed E-state index contributed by atoms with van der Waals surface area (Å²) < 4.78 is 22.1. The van der Waals surface area contributed by atoms with E-state index in [0.717, 1.165) is 43.0 Å². The highest BCUT2D eigenvalue weighted by molar-refractivity contribution is 5.89. The van der Waals surface area contributed by atoms with Crippen LogP contribution in [-0.2, 0) is 17.9 Å². The highest BCUT2D eigenvalue weighted by Crippen LogP contribution is 2.39. The molecule has 3 rings (SSSR count). The molecule has 1 aromatic heterocycles. The minimum atomic E-state index is -0.0760. The molecule has 0 spiro atoms. The summed E-state index contributed by atoms with van der Waals surface area (Å²) in [4.78, 5) is 2.28. The van der Waals surface area contributed by atoms with E-state index in [0.29, 0.717) is 23.6 Å². The maximum Gasteiger partial charge on any atom is 0.204 e. The van der Waals surface area contributed by atoms with E-state index in [1.165, 1.54) is 0 Å². The second-order valence-corrected chi connectivity index (χ2v) is 5.27. The zero-order chi connectivity index (χ0) is 15.5. The van der Waals surface area contributed by atoms with E-state index in [2.05, 4.69) is 4.90 Å². The van der Waals surface area contributed by atoms with Gasteiger partial charge in [-0.15, -0.1) is 0 Å². The number of hydrogen-bond donors (Lipinski definition) is 1. The SMILES string of the molecule is COc1cc(CO)c2cc(CN3CCOCC3)oc2c1OC. The van der Waals surface area contributed by atoms with Gasteiger partial charge in [-0.2, -0.15) is 0 Å². The van der Waals surface area contributed by atoms with Crippen molar-refractivity contribution >= 4 is 11.0 Å². The van der Waals surface area contributed by atoms with Crippen molar-refractivity contribution in [1.29, 1.82) is 0 Å². The molecule has 0 amide bonds. The number of aliphatic hydroxyl groups excluding tert-OH is 1. The number of morpholine rings is 1. The van der Waals surface area contributed by atoms with Crippen molar-refractivity contribution in [2.75, 3.05) is 40.5 Å². The van der Waals surface area contributed by atoms with Crippen LogP contribution in [0.3, 0.4) is 0 Å². The molecule has 1 aliphatic heterocycles. The molecule has 1 fully saturated rings. The molecular formula is C16H21NO5. The number of methoxy groups -OCH3 is 2. The van der Waals surface area contributed by atoms with Crippen molar-refractivity contribution < 1.29 is 23.7 Å². The fourth-order valence-corrected chi connectivity index (χ4v) is 2.80. The van der Waals surface area contributed by atoms with Crippen LogP contribution in [0.15, 0.2) is 16.5 Å². The molecule has 0 radical (unpaired) electrons. The third-order valence-corrected chi connectivity index (χ3v) is 3.94. The van der Waals surface area contributed by atoms with Crippen LogP contribution in [0.1, 0.15) is 11.3 Å². The molecule has 0 saturated carbocycles. The molecule has 22 heavy (non-hydrogen) atoms. The second kappa shape index (κ2) is 6.56. The van der Waals surface area contributed by atoms with Gasteiger partial charge in [0, 0.05) is 18.5 Å². The number of ether oxygens (including phenoxy) is 3. The summed E-state index contributed by atoms with van der Waals surface area (Å²) in [5, 5.41) is 10.4. The fraction of sp³-hybridized carbons (Fsp3) is 0.500. The van der Waals surface area contributed by atoms with E-state index in [1.807, 2.05) is 6.07 Å². The fourth-order valence-electron chi connectivity index (χ4n) is 2.80. The minimum Gasteiger partial charge on any atom is -0.493 e. The van der Waals surface area contributed by atoms with E-state index in [4.69, 9.17) is 18.6 Å². The largest absolute Gasteiger partial charge is 0.493 e.